The molecule has 0 spiro atoms. The van der Waals surface area contributed by atoms with E-state index in [0.29, 0.717) is 50.3 Å². The largest absolute Gasteiger partial charge is 0.501 e. The predicted octanol–water partition coefficient (Wildman–Crippen LogP) is 9.34. The zero-order chi connectivity index (χ0) is 36.3. The summed E-state index contributed by atoms with van der Waals surface area (Å²) in [5.74, 6) is 0.147. The summed E-state index contributed by atoms with van der Waals surface area (Å²) >= 11 is 1.36. The van der Waals surface area contributed by atoms with Gasteiger partial charge in [0.05, 0.1) is 19.8 Å². The van der Waals surface area contributed by atoms with E-state index in [1.807, 2.05) is 13.8 Å². The van der Waals surface area contributed by atoms with Gasteiger partial charge in [-0.15, -0.1) is 0 Å². The van der Waals surface area contributed by atoms with Crippen LogP contribution in [0.1, 0.15) is 169 Å². The minimum Gasteiger partial charge on any atom is -0.465 e. The molecule has 11 heteroatoms. The molecule has 0 aromatic rings. The molecular formula is C38H72O9SSi. The van der Waals surface area contributed by atoms with E-state index in [9.17, 15) is 19.5 Å². The molecule has 1 atom stereocenters. The normalized spacial score (nSPS) is 20.5. The van der Waals surface area contributed by atoms with Gasteiger partial charge in [-0.3, -0.25) is 14.4 Å². The van der Waals surface area contributed by atoms with Crippen molar-refractivity contribution in [2.45, 2.75) is 181 Å². The summed E-state index contributed by atoms with van der Waals surface area (Å²) in [6.45, 7) is 10.7. The van der Waals surface area contributed by atoms with Gasteiger partial charge in [-0.05, 0) is 38.5 Å². The summed E-state index contributed by atoms with van der Waals surface area (Å²) < 4.78 is 31.1. The molecule has 49 heavy (non-hydrogen) atoms. The van der Waals surface area contributed by atoms with Crippen LogP contribution in [0.4, 0.5) is 0 Å². The Kier molecular flexibility index (Phi) is 26.0. The van der Waals surface area contributed by atoms with Gasteiger partial charge in [0.15, 0.2) is 10.7 Å². The number of unbranched alkanes of at least 4 members (excludes halogenated alkanes) is 12. The van der Waals surface area contributed by atoms with E-state index >= 15 is 0 Å². The molecular weight excluding hydrogens is 661 g/mol. The number of hydrogen-bond donors (Lipinski definition) is 1. The summed E-state index contributed by atoms with van der Waals surface area (Å²) in [6, 6.07) is 0.498. The molecule has 288 valence electrons. The van der Waals surface area contributed by atoms with Gasteiger partial charge >= 0.3 is 20.7 Å². The highest BCUT2D eigenvalue weighted by Gasteiger charge is 2.52. The van der Waals surface area contributed by atoms with Crippen molar-refractivity contribution < 1.29 is 42.2 Å². The summed E-state index contributed by atoms with van der Waals surface area (Å²) in [5.41, 5.74) is -1.68. The van der Waals surface area contributed by atoms with E-state index in [4.69, 9.17) is 22.8 Å². The smallest absolute Gasteiger partial charge is 0.465 e. The summed E-state index contributed by atoms with van der Waals surface area (Å²) in [4.78, 5) is 37.8. The summed E-state index contributed by atoms with van der Waals surface area (Å²) in [7, 11) is -3.29. The van der Waals surface area contributed by atoms with Gasteiger partial charge in [0.25, 0.3) is 0 Å². The molecule has 0 aliphatic carbocycles. The van der Waals surface area contributed by atoms with Crippen molar-refractivity contribution in [3.8, 4) is 0 Å². The van der Waals surface area contributed by atoms with Gasteiger partial charge in [-0.25, -0.2) is 0 Å². The fourth-order valence-corrected chi connectivity index (χ4v) is 9.52. The van der Waals surface area contributed by atoms with Crippen molar-refractivity contribution in [1.82, 2.24) is 0 Å². The van der Waals surface area contributed by atoms with Gasteiger partial charge in [-0.1, -0.05) is 123 Å². The highest BCUT2D eigenvalue weighted by atomic mass is 32.2. The quantitative estimate of drug-likeness (QED) is 0.0420. The van der Waals surface area contributed by atoms with Gasteiger partial charge in [0.2, 0.25) is 0 Å². The van der Waals surface area contributed by atoms with Gasteiger partial charge < -0.3 is 27.9 Å². The van der Waals surface area contributed by atoms with Crippen LogP contribution in [0.5, 0.6) is 0 Å². The van der Waals surface area contributed by atoms with Crippen molar-refractivity contribution >= 4 is 37.6 Å². The molecule has 1 N–H and O–H groups in total. The van der Waals surface area contributed by atoms with Gasteiger partial charge in [-0.2, -0.15) is 0 Å². The van der Waals surface area contributed by atoms with Crippen LogP contribution in [0.25, 0.3) is 0 Å². The molecule has 0 bridgehead atoms. The molecule has 1 rings (SSSR count). The van der Waals surface area contributed by atoms with E-state index in [2.05, 4.69) is 20.8 Å². The maximum absolute atomic E-state index is 12.8. The number of carbonyl (C=O) groups is 3. The zero-order valence-corrected chi connectivity index (χ0v) is 33.7. The third-order valence-electron chi connectivity index (χ3n) is 9.65. The van der Waals surface area contributed by atoms with Crippen molar-refractivity contribution in [2.24, 2.45) is 5.41 Å². The number of carbonyl (C=O) groups excluding carboxylic acids is 3. The number of esters is 2. The van der Waals surface area contributed by atoms with Crippen LogP contribution >= 0.6 is 11.8 Å². The van der Waals surface area contributed by atoms with Crippen LogP contribution in [-0.4, -0.2) is 75.4 Å². The number of hydrogen-bond acceptors (Lipinski definition) is 10. The van der Waals surface area contributed by atoms with E-state index in [1.54, 1.807) is 0 Å². The van der Waals surface area contributed by atoms with Crippen LogP contribution in [0.2, 0.25) is 6.04 Å². The fourth-order valence-electron chi connectivity index (χ4n) is 5.68. The minimum absolute atomic E-state index is 0.0512. The first-order valence-electron chi connectivity index (χ1n) is 19.7. The lowest BCUT2D eigenvalue weighted by Crippen LogP contribution is -2.60. The highest BCUT2D eigenvalue weighted by Crippen LogP contribution is 2.34. The Bertz CT molecular complexity index is 875. The molecule has 1 aliphatic heterocycles. The Morgan fingerprint density at radius 1 is 0.714 bits per heavy atom. The molecule has 0 amide bonds. The molecule has 0 radical (unpaired) electrons. The second-order valence-electron chi connectivity index (χ2n) is 14.0. The second-order valence-corrected chi connectivity index (χ2v) is 17.9. The van der Waals surface area contributed by atoms with Crippen molar-refractivity contribution in [1.29, 1.82) is 0 Å². The number of ether oxygens (including phenoxy) is 2. The van der Waals surface area contributed by atoms with Crippen molar-refractivity contribution in [3.05, 3.63) is 0 Å². The SMILES string of the molecule is CCCCCCCC(=O)OCC(CC)(CO)CO[Si]1(CCCSC(=O)CCCCCCC)OCC(CC)(OC(=O)CCCCCCC)CO1. The number of thioether (sulfide) groups is 1. The maximum Gasteiger partial charge on any atom is 0.501 e. The third kappa shape index (κ3) is 20.0. The third-order valence-corrected chi connectivity index (χ3v) is 13.4. The van der Waals surface area contributed by atoms with Crippen LogP contribution in [-0.2, 0) is 37.1 Å². The lowest BCUT2D eigenvalue weighted by atomic mass is 9.88. The van der Waals surface area contributed by atoms with Crippen LogP contribution < -0.4 is 0 Å². The Balaban J connectivity index is 2.85. The maximum atomic E-state index is 12.8. The molecule has 0 saturated carbocycles. The summed E-state index contributed by atoms with van der Waals surface area (Å²) in [6.07, 6.45) is 19.2. The first kappa shape index (κ1) is 46.0. The highest BCUT2D eigenvalue weighted by molar-refractivity contribution is 8.13. The van der Waals surface area contributed by atoms with Crippen molar-refractivity contribution in [2.75, 3.05) is 38.8 Å². The van der Waals surface area contributed by atoms with Gasteiger partial charge in [0.1, 0.15) is 6.61 Å². The average Bonchev–Trinajstić information content (AvgIpc) is 3.11. The van der Waals surface area contributed by atoms with Crippen LogP contribution in [0, 0.1) is 5.41 Å². The monoisotopic (exact) mass is 732 g/mol. The Morgan fingerprint density at radius 2 is 1.24 bits per heavy atom. The van der Waals surface area contributed by atoms with Crippen LogP contribution in [0.15, 0.2) is 0 Å². The minimum atomic E-state index is -3.29. The Labute approximate surface area is 304 Å². The second kappa shape index (κ2) is 27.6. The van der Waals surface area contributed by atoms with Crippen molar-refractivity contribution in [3.63, 3.8) is 0 Å². The molecule has 1 saturated heterocycles. The topological polar surface area (TPSA) is 118 Å². The first-order valence-corrected chi connectivity index (χ1v) is 22.6. The predicted molar refractivity (Wildman–Crippen MR) is 201 cm³/mol. The zero-order valence-electron chi connectivity index (χ0n) is 31.9. The number of rotatable bonds is 31. The molecule has 9 nitrogen and oxygen atoms in total. The molecule has 1 fully saturated rings. The Hall–Kier alpha value is -0.983. The molecule has 0 aromatic heterocycles. The molecule has 1 heterocycles. The van der Waals surface area contributed by atoms with Crippen LogP contribution in [0.3, 0.4) is 0 Å². The standard InChI is InChI=1S/C38H72O9SSi/c1-6-11-14-17-20-24-34(40)43-30-37(9-4,29-39)31-44-49(28-23-27-48-36(42)26-22-19-16-13-8-3)45-32-38(10-5,33-46-49)47-35(41)25-21-18-15-12-7-2/h39H,6-33H2,1-5H3. The van der Waals surface area contributed by atoms with E-state index in [1.165, 1.54) is 43.9 Å². The summed E-state index contributed by atoms with van der Waals surface area (Å²) in [5, 5.41) is 10.7. The lowest BCUT2D eigenvalue weighted by molar-refractivity contribution is -0.183. The molecule has 0 aromatic carbocycles. The Morgan fingerprint density at radius 3 is 1.76 bits per heavy atom. The molecule has 1 unspecified atom stereocenters. The van der Waals surface area contributed by atoms with E-state index < -0.39 is 19.8 Å². The number of aliphatic hydroxyl groups excluding tert-OH is 1. The number of aliphatic hydroxyl groups is 1. The van der Waals surface area contributed by atoms with E-state index in [0.717, 1.165) is 64.2 Å². The first-order chi connectivity index (χ1) is 23.7. The average molecular weight is 733 g/mol. The lowest BCUT2D eigenvalue weighted by Gasteiger charge is -2.44. The van der Waals surface area contributed by atoms with E-state index in [-0.39, 0.29) is 50.1 Å². The van der Waals surface area contributed by atoms with Gasteiger partial charge in [0, 0.05) is 43.1 Å². The molecule has 1 aliphatic rings. The fraction of sp³-hybridized carbons (Fsp3) is 0.921.